The third-order valence-electron chi connectivity index (χ3n) is 1.87. The average Bonchev–Trinajstić information content (AvgIpc) is 2.19. The summed E-state index contributed by atoms with van der Waals surface area (Å²) < 4.78 is 83.1. The maximum atomic E-state index is 12.9. The summed E-state index contributed by atoms with van der Waals surface area (Å²) in [6.45, 7) is 1.31. The highest BCUT2D eigenvalue weighted by Crippen LogP contribution is 2.45. The van der Waals surface area contributed by atoms with Crippen molar-refractivity contribution in [2.24, 2.45) is 0 Å². The predicted octanol–water partition coefficient (Wildman–Crippen LogP) is 4.61. The van der Waals surface area contributed by atoms with Crippen molar-refractivity contribution in [3.8, 4) is 11.5 Å². The molecule has 108 valence electrons. The first kappa shape index (κ1) is 16.2. The van der Waals surface area contributed by atoms with Gasteiger partial charge in [-0.2, -0.15) is 13.2 Å². The van der Waals surface area contributed by atoms with E-state index in [9.17, 15) is 26.3 Å². The van der Waals surface area contributed by atoms with E-state index in [4.69, 9.17) is 4.74 Å². The van der Waals surface area contributed by atoms with Crippen LogP contribution in [0.2, 0.25) is 0 Å². The number of rotatable bonds is 3. The van der Waals surface area contributed by atoms with Crippen molar-refractivity contribution in [1.29, 1.82) is 0 Å². The highest BCUT2D eigenvalue weighted by molar-refractivity contribution is 14.1. The minimum atomic E-state index is -5.21. The molecule has 9 heteroatoms. The molecule has 0 saturated carbocycles. The van der Waals surface area contributed by atoms with Crippen molar-refractivity contribution >= 4 is 22.6 Å². The van der Waals surface area contributed by atoms with Crippen LogP contribution in [-0.4, -0.2) is 13.0 Å². The molecule has 0 fully saturated rings. The van der Waals surface area contributed by atoms with E-state index in [-0.39, 0.29) is 10.2 Å². The van der Waals surface area contributed by atoms with Gasteiger partial charge in [0, 0.05) is 0 Å². The van der Waals surface area contributed by atoms with Gasteiger partial charge in [-0.1, -0.05) is 0 Å². The Morgan fingerprint density at radius 1 is 1.11 bits per heavy atom. The molecule has 0 aliphatic carbocycles. The van der Waals surface area contributed by atoms with Crippen molar-refractivity contribution in [2.75, 3.05) is 6.61 Å². The molecule has 1 aromatic rings. The number of alkyl halides is 6. The zero-order chi connectivity index (χ0) is 14.8. The number of hydrogen-bond acceptors (Lipinski definition) is 2. The molecular weight excluding hydrogens is 393 g/mol. The van der Waals surface area contributed by atoms with E-state index in [2.05, 4.69) is 4.74 Å². The first-order valence-electron chi connectivity index (χ1n) is 4.84. The SMILES string of the molecule is CCOc1c(I)ccc(OC(F)(F)F)c1C(F)(F)F. The summed E-state index contributed by atoms with van der Waals surface area (Å²) in [5.74, 6) is -2.00. The van der Waals surface area contributed by atoms with Gasteiger partial charge in [-0.25, -0.2) is 0 Å². The highest BCUT2D eigenvalue weighted by Gasteiger charge is 2.42. The molecule has 0 bridgehead atoms. The number of halogens is 7. The van der Waals surface area contributed by atoms with Gasteiger partial charge in [-0.05, 0) is 41.6 Å². The van der Waals surface area contributed by atoms with E-state index in [0.717, 1.165) is 6.07 Å². The predicted molar refractivity (Wildman–Crippen MR) is 62.0 cm³/mol. The van der Waals surface area contributed by atoms with Crippen LogP contribution in [0.5, 0.6) is 11.5 Å². The summed E-state index contributed by atoms with van der Waals surface area (Å²) in [4.78, 5) is 0. The first-order chi connectivity index (χ1) is 8.56. The lowest BCUT2D eigenvalue weighted by Gasteiger charge is -2.19. The van der Waals surface area contributed by atoms with Crippen LogP contribution in [0.1, 0.15) is 12.5 Å². The normalized spacial score (nSPS) is 12.4. The van der Waals surface area contributed by atoms with Crippen LogP contribution in [0.15, 0.2) is 12.1 Å². The maximum Gasteiger partial charge on any atom is 0.573 e. The standard InChI is InChI=1S/C10H7F6IO2/c1-2-18-8-5(17)3-4-6(19-10(14,15)16)7(8)9(11,12)13/h3-4H,2H2,1H3. The molecule has 19 heavy (non-hydrogen) atoms. The van der Waals surface area contributed by atoms with Gasteiger partial charge >= 0.3 is 12.5 Å². The molecule has 0 aliphatic rings. The molecule has 0 aliphatic heterocycles. The van der Waals surface area contributed by atoms with Gasteiger partial charge in [0.25, 0.3) is 0 Å². The molecule has 0 saturated heterocycles. The summed E-state index contributed by atoms with van der Waals surface area (Å²) in [6, 6.07) is 1.67. The minimum absolute atomic E-state index is 0.0429. The Bertz CT molecular complexity index is 455. The molecular formula is C10H7F6IO2. The molecule has 0 heterocycles. The number of benzene rings is 1. The Morgan fingerprint density at radius 3 is 2.11 bits per heavy atom. The summed E-state index contributed by atoms with van der Waals surface area (Å²) >= 11 is 1.54. The molecule has 1 aromatic carbocycles. The smallest absolute Gasteiger partial charge is 0.492 e. The van der Waals surface area contributed by atoms with E-state index in [1.165, 1.54) is 6.92 Å². The second kappa shape index (κ2) is 5.63. The Labute approximate surface area is 117 Å². The van der Waals surface area contributed by atoms with E-state index >= 15 is 0 Å². The molecule has 1 rings (SSSR count). The fourth-order valence-electron chi connectivity index (χ4n) is 1.30. The summed E-state index contributed by atoms with van der Waals surface area (Å²) in [5, 5.41) is 0. The second-order valence-corrected chi connectivity index (χ2v) is 4.39. The molecule has 0 radical (unpaired) electrons. The van der Waals surface area contributed by atoms with Gasteiger partial charge in [-0.3, -0.25) is 0 Å². The summed E-state index contributed by atoms with van der Waals surface area (Å²) in [7, 11) is 0. The van der Waals surface area contributed by atoms with Crippen LogP contribution in [0.4, 0.5) is 26.3 Å². The largest absolute Gasteiger partial charge is 0.573 e. The average molecular weight is 400 g/mol. The van der Waals surface area contributed by atoms with E-state index in [1.807, 2.05) is 0 Å². The Kier molecular flexibility index (Phi) is 4.80. The summed E-state index contributed by atoms with van der Waals surface area (Å²) in [5.41, 5.74) is -1.57. The third kappa shape index (κ3) is 4.32. The van der Waals surface area contributed by atoms with Crippen LogP contribution >= 0.6 is 22.6 Å². The van der Waals surface area contributed by atoms with Crippen molar-refractivity contribution in [2.45, 2.75) is 19.5 Å². The summed E-state index contributed by atoms with van der Waals surface area (Å²) in [6.07, 6.45) is -10.2. The van der Waals surface area contributed by atoms with Crippen LogP contribution in [-0.2, 0) is 6.18 Å². The van der Waals surface area contributed by atoms with Gasteiger partial charge < -0.3 is 9.47 Å². The lowest BCUT2D eigenvalue weighted by molar-refractivity contribution is -0.276. The van der Waals surface area contributed by atoms with Crippen LogP contribution < -0.4 is 9.47 Å². The lowest BCUT2D eigenvalue weighted by Crippen LogP contribution is -2.21. The quantitative estimate of drug-likeness (QED) is 0.545. The van der Waals surface area contributed by atoms with Gasteiger partial charge in [0.15, 0.2) is 0 Å². The molecule has 0 atom stereocenters. The Morgan fingerprint density at radius 2 is 1.68 bits per heavy atom. The molecule has 0 unspecified atom stereocenters. The third-order valence-corrected chi connectivity index (χ3v) is 2.72. The monoisotopic (exact) mass is 400 g/mol. The second-order valence-electron chi connectivity index (χ2n) is 3.23. The molecule has 0 N–H and O–H groups in total. The van der Waals surface area contributed by atoms with Gasteiger partial charge in [0.1, 0.15) is 17.1 Å². The zero-order valence-electron chi connectivity index (χ0n) is 9.32. The van der Waals surface area contributed by atoms with E-state index < -0.39 is 29.6 Å². The zero-order valence-corrected chi connectivity index (χ0v) is 11.5. The molecule has 0 amide bonds. The van der Waals surface area contributed by atoms with Crippen molar-refractivity contribution in [3.63, 3.8) is 0 Å². The fourth-order valence-corrected chi connectivity index (χ4v) is 1.91. The van der Waals surface area contributed by atoms with Gasteiger partial charge in [-0.15, -0.1) is 13.2 Å². The van der Waals surface area contributed by atoms with Crippen LogP contribution in [0.25, 0.3) is 0 Å². The fraction of sp³-hybridized carbons (Fsp3) is 0.400. The van der Waals surface area contributed by atoms with Gasteiger partial charge in [0.05, 0.1) is 10.2 Å². The number of ether oxygens (including phenoxy) is 2. The minimum Gasteiger partial charge on any atom is -0.492 e. The molecule has 0 aromatic heterocycles. The maximum absolute atomic E-state index is 12.9. The van der Waals surface area contributed by atoms with Gasteiger partial charge in [0.2, 0.25) is 0 Å². The molecule has 0 spiro atoms. The van der Waals surface area contributed by atoms with E-state index in [1.54, 1.807) is 22.6 Å². The van der Waals surface area contributed by atoms with Crippen molar-refractivity contribution in [3.05, 3.63) is 21.3 Å². The molecule has 2 nitrogen and oxygen atoms in total. The lowest BCUT2D eigenvalue weighted by atomic mass is 10.1. The Balaban J connectivity index is 3.43. The number of hydrogen-bond donors (Lipinski definition) is 0. The first-order valence-corrected chi connectivity index (χ1v) is 5.92. The van der Waals surface area contributed by atoms with Crippen molar-refractivity contribution in [1.82, 2.24) is 0 Å². The van der Waals surface area contributed by atoms with Crippen LogP contribution in [0.3, 0.4) is 0 Å². The van der Waals surface area contributed by atoms with Crippen LogP contribution in [0, 0.1) is 3.57 Å². The van der Waals surface area contributed by atoms with Crippen molar-refractivity contribution < 1.29 is 35.8 Å². The highest BCUT2D eigenvalue weighted by atomic mass is 127. The van der Waals surface area contributed by atoms with E-state index in [0.29, 0.717) is 6.07 Å². The topological polar surface area (TPSA) is 18.5 Å². The Hall–Kier alpha value is -0.870.